The number of benzene rings is 3. The molecular weight excluding hydrogens is 394 g/mol. The van der Waals surface area contributed by atoms with Gasteiger partial charge in [-0.2, -0.15) is 0 Å². The van der Waals surface area contributed by atoms with Crippen molar-refractivity contribution >= 4 is 43.7 Å². The number of para-hydroxylation sites is 2. The van der Waals surface area contributed by atoms with E-state index in [2.05, 4.69) is 23.7 Å². The van der Waals surface area contributed by atoms with E-state index < -0.39 is 0 Å². The molecule has 0 radical (unpaired) electrons. The Hall–Kier alpha value is -3.58. The predicted molar refractivity (Wildman–Crippen MR) is 123 cm³/mol. The van der Waals surface area contributed by atoms with E-state index in [0.717, 1.165) is 18.6 Å². The second kappa shape index (κ2) is 7.28. The lowest BCUT2D eigenvalue weighted by Gasteiger charge is -2.17. The van der Waals surface area contributed by atoms with Crippen LogP contribution in [0.3, 0.4) is 0 Å². The fourth-order valence-electron chi connectivity index (χ4n) is 4.35. The van der Waals surface area contributed by atoms with Gasteiger partial charge >= 0.3 is 0 Å². The second-order valence-corrected chi connectivity index (χ2v) is 7.70. The number of H-pyrrole nitrogens is 1. The summed E-state index contributed by atoms with van der Waals surface area (Å²) < 4.78 is 7.45. The molecule has 5 rings (SSSR count). The van der Waals surface area contributed by atoms with E-state index >= 15 is 0 Å². The lowest BCUT2D eigenvalue weighted by atomic mass is 10.0. The first kappa shape index (κ1) is 19.4. The Morgan fingerprint density at radius 2 is 1.74 bits per heavy atom. The number of aromatic nitrogens is 2. The van der Waals surface area contributed by atoms with Crippen LogP contribution in [0.15, 0.2) is 56.5 Å². The van der Waals surface area contributed by atoms with E-state index in [9.17, 15) is 14.7 Å². The van der Waals surface area contributed by atoms with Gasteiger partial charge in [0.2, 0.25) is 0 Å². The highest BCUT2D eigenvalue weighted by molar-refractivity contribution is 6.23. The van der Waals surface area contributed by atoms with E-state index in [1.807, 2.05) is 24.3 Å². The van der Waals surface area contributed by atoms with Gasteiger partial charge in [0.05, 0.1) is 21.8 Å². The maximum Gasteiger partial charge on any atom is 0.265 e. The third kappa shape index (κ3) is 2.92. The molecule has 7 heteroatoms. The van der Waals surface area contributed by atoms with Crippen LogP contribution in [0.1, 0.15) is 13.8 Å². The molecule has 0 aliphatic rings. The first-order valence-electron chi connectivity index (χ1n) is 10.5. The molecule has 0 bridgehead atoms. The minimum Gasteiger partial charge on any atom is -0.508 e. The van der Waals surface area contributed by atoms with Crippen molar-refractivity contribution in [2.75, 3.05) is 19.6 Å². The predicted octanol–water partition coefficient (Wildman–Crippen LogP) is 3.79. The van der Waals surface area contributed by atoms with Crippen molar-refractivity contribution in [2.45, 2.75) is 20.4 Å². The molecule has 5 aromatic rings. The Kier molecular flexibility index (Phi) is 4.55. The zero-order valence-corrected chi connectivity index (χ0v) is 17.4. The van der Waals surface area contributed by atoms with Crippen LogP contribution in [0.25, 0.3) is 43.7 Å². The summed E-state index contributed by atoms with van der Waals surface area (Å²) in [6.07, 6.45) is 0. The van der Waals surface area contributed by atoms with Gasteiger partial charge in [-0.05, 0) is 43.4 Å². The fourth-order valence-corrected chi connectivity index (χ4v) is 4.35. The SMILES string of the molecule is CCN(CC)CCn1c(=O)c2c3cc(O)ccc3c3[nH]c4ccccc4oc3c2c1=O. The summed E-state index contributed by atoms with van der Waals surface area (Å²) in [6.45, 7) is 6.69. The maximum atomic E-state index is 13.4. The third-order valence-corrected chi connectivity index (χ3v) is 6.06. The zero-order valence-electron chi connectivity index (χ0n) is 17.4. The number of hydrogen-bond acceptors (Lipinski definition) is 5. The van der Waals surface area contributed by atoms with Crippen molar-refractivity contribution in [2.24, 2.45) is 0 Å². The minimum absolute atomic E-state index is 0.0358. The van der Waals surface area contributed by atoms with E-state index in [4.69, 9.17) is 4.42 Å². The Bertz CT molecular complexity index is 1570. The normalized spacial score (nSPS) is 12.1. The number of fused-ring (bicyclic) bond motifs is 7. The van der Waals surface area contributed by atoms with E-state index in [1.54, 1.807) is 12.1 Å². The molecule has 0 saturated heterocycles. The molecule has 0 amide bonds. The molecule has 7 nitrogen and oxygen atoms in total. The number of hydrogen-bond donors (Lipinski definition) is 2. The van der Waals surface area contributed by atoms with Gasteiger partial charge in [0, 0.05) is 23.9 Å². The second-order valence-electron chi connectivity index (χ2n) is 7.70. The summed E-state index contributed by atoms with van der Waals surface area (Å²) in [4.78, 5) is 32.3. The van der Waals surface area contributed by atoms with Crippen LogP contribution in [-0.2, 0) is 6.54 Å². The van der Waals surface area contributed by atoms with Crippen molar-refractivity contribution in [3.05, 3.63) is 63.2 Å². The Morgan fingerprint density at radius 1 is 1.00 bits per heavy atom. The Balaban J connectivity index is 1.92. The first-order chi connectivity index (χ1) is 15.0. The van der Waals surface area contributed by atoms with Gasteiger partial charge in [-0.1, -0.05) is 26.0 Å². The maximum absolute atomic E-state index is 13.4. The van der Waals surface area contributed by atoms with Crippen molar-refractivity contribution in [1.29, 1.82) is 0 Å². The molecule has 0 saturated carbocycles. The van der Waals surface area contributed by atoms with Crippen LogP contribution >= 0.6 is 0 Å². The van der Waals surface area contributed by atoms with E-state index in [0.29, 0.717) is 40.5 Å². The summed E-state index contributed by atoms with van der Waals surface area (Å²) in [6, 6.07) is 12.3. The summed E-state index contributed by atoms with van der Waals surface area (Å²) >= 11 is 0. The minimum atomic E-state index is -0.366. The molecule has 0 aliphatic heterocycles. The molecule has 0 spiro atoms. The van der Waals surface area contributed by atoms with E-state index in [-0.39, 0.29) is 27.6 Å². The molecular formula is C24H23N3O4. The van der Waals surface area contributed by atoms with Crippen molar-refractivity contribution in [1.82, 2.24) is 14.5 Å². The molecule has 158 valence electrons. The number of rotatable bonds is 5. The molecule has 2 heterocycles. The van der Waals surface area contributed by atoms with Gasteiger partial charge in [-0.15, -0.1) is 0 Å². The number of phenols is 1. The number of aromatic amines is 1. The summed E-state index contributed by atoms with van der Waals surface area (Å²) in [7, 11) is 0. The monoisotopic (exact) mass is 417 g/mol. The molecule has 3 aromatic carbocycles. The molecule has 0 unspecified atom stereocenters. The van der Waals surface area contributed by atoms with E-state index in [1.165, 1.54) is 10.6 Å². The molecule has 2 aromatic heterocycles. The lowest BCUT2D eigenvalue weighted by Crippen LogP contribution is -2.33. The van der Waals surface area contributed by atoms with Gasteiger partial charge in [-0.25, -0.2) is 0 Å². The molecule has 2 N–H and O–H groups in total. The fraction of sp³-hybridized carbons (Fsp3) is 0.250. The lowest BCUT2D eigenvalue weighted by molar-refractivity contribution is 0.288. The van der Waals surface area contributed by atoms with Crippen LogP contribution in [0.2, 0.25) is 0 Å². The summed E-state index contributed by atoms with van der Waals surface area (Å²) in [5.74, 6) is 0.0358. The molecule has 0 atom stereocenters. The van der Waals surface area contributed by atoms with Crippen LogP contribution < -0.4 is 11.1 Å². The zero-order chi connectivity index (χ0) is 21.7. The van der Waals surface area contributed by atoms with Gasteiger partial charge in [0.15, 0.2) is 11.2 Å². The van der Waals surface area contributed by atoms with Crippen molar-refractivity contribution in [3.63, 3.8) is 0 Å². The number of likely N-dealkylation sites (N-methyl/N-ethyl adjacent to an activating group) is 1. The highest BCUT2D eigenvalue weighted by Gasteiger charge is 2.22. The van der Waals surface area contributed by atoms with Crippen LogP contribution in [0.5, 0.6) is 5.75 Å². The smallest absolute Gasteiger partial charge is 0.265 e. The van der Waals surface area contributed by atoms with Gasteiger partial charge in [0.1, 0.15) is 5.75 Å². The quantitative estimate of drug-likeness (QED) is 0.335. The van der Waals surface area contributed by atoms with Crippen LogP contribution in [0.4, 0.5) is 0 Å². The van der Waals surface area contributed by atoms with Crippen LogP contribution in [0, 0.1) is 0 Å². The van der Waals surface area contributed by atoms with Crippen molar-refractivity contribution in [3.8, 4) is 5.75 Å². The number of aromatic hydroxyl groups is 1. The first-order valence-corrected chi connectivity index (χ1v) is 10.5. The summed E-state index contributed by atoms with van der Waals surface area (Å²) in [5, 5.41) is 11.9. The number of phenolic OH excluding ortho intramolecular Hbond substituents is 1. The topological polar surface area (TPSA) is 91.5 Å². The average Bonchev–Trinajstić information content (AvgIpc) is 3.03. The average molecular weight is 417 g/mol. The largest absolute Gasteiger partial charge is 0.508 e. The Labute approximate surface area is 177 Å². The molecule has 0 aliphatic carbocycles. The third-order valence-electron chi connectivity index (χ3n) is 6.06. The van der Waals surface area contributed by atoms with Crippen LogP contribution in [-0.4, -0.2) is 39.2 Å². The summed E-state index contributed by atoms with van der Waals surface area (Å²) in [5.41, 5.74) is 1.63. The van der Waals surface area contributed by atoms with Crippen molar-refractivity contribution < 1.29 is 9.52 Å². The molecule has 31 heavy (non-hydrogen) atoms. The number of nitrogens with zero attached hydrogens (tertiary/aromatic N) is 2. The Morgan fingerprint density at radius 3 is 2.52 bits per heavy atom. The molecule has 0 fully saturated rings. The van der Waals surface area contributed by atoms with Gasteiger partial charge in [-0.3, -0.25) is 14.2 Å². The number of nitrogens with one attached hydrogen (secondary N) is 1. The van der Waals surface area contributed by atoms with Gasteiger partial charge < -0.3 is 19.4 Å². The highest BCUT2D eigenvalue weighted by atomic mass is 16.3. The van der Waals surface area contributed by atoms with Gasteiger partial charge in [0.25, 0.3) is 11.1 Å². The highest BCUT2D eigenvalue weighted by Crippen LogP contribution is 2.34. The standard InChI is InChI=1S/C24H23N3O4/c1-3-26(4-2)11-12-27-23(29)19-16-13-14(28)9-10-15(16)21-22(20(19)24(27)30)31-18-8-6-5-7-17(18)25-21/h5-10,13,25,28H,3-4,11-12H2,1-2H3.